The number of rotatable bonds is 11. The fourth-order valence-corrected chi connectivity index (χ4v) is 4.18. The van der Waals surface area contributed by atoms with Crippen LogP contribution < -0.4 is 10.6 Å². The first kappa shape index (κ1) is 24.4. The van der Waals surface area contributed by atoms with Gasteiger partial charge >= 0.3 is 0 Å². The molecule has 0 spiro atoms. The van der Waals surface area contributed by atoms with Crippen LogP contribution in [0.25, 0.3) is 0 Å². The summed E-state index contributed by atoms with van der Waals surface area (Å²) in [4.78, 5) is 4.80. The van der Waals surface area contributed by atoms with Gasteiger partial charge in [0.15, 0.2) is 5.96 Å². The number of nitrogens with zero attached hydrogens (tertiary/aromatic N) is 2. The molecular formula is C20H36N4O3S. The average Bonchev–Trinajstić information content (AvgIpc) is 2.64. The minimum Gasteiger partial charge on any atom is -0.388 e. The topological polar surface area (TPSA) is 94.0 Å². The highest BCUT2D eigenvalue weighted by Crippen LogP contribution is 2.20. The van der Waals surface area contributed by atoms with Crippen LogP contribution in [-0.2, 0) is 16.6 Å². The van der Waals surface area contributed by atoms with Gasteiger partial charge in [-0.3, -0.25) is 0 Å². The third-order valence-corrected chi connectivity index (χ3v) is 6.41. The molecule has 160 valence electrons. The Morgan fingerprint density at radius 2 is 1.71 bits per heavy atom. The summed E-state index contributed by atoms with van der Waals surface area (Å²) in [5, 5.41) is 17.2. The number of guanidine groups is 1. The van der Waals surface area contributed by atoms with Crippen LogP contribution in [0.3, 0.4) is 0 Å². The molecule has 0 aromatic heterocycles. The summed E-state index contributed by atoms with van der Waals surface area (Å²) in [6, 6.07) is 6.89. The first-order valence-electron chi connectivity index (χ1n) is 9.95. The van der Waals surface area contributed by atoms with Gasteiger partial charge in [-0.15, -0.1) is 0 Å². The van der Waals surface area contributed by atoms with Crippen molar-refractivity contribution in [1.29, 1.82) is 0 Å². The molecule has 0 heterocycles. The van der Waals surface area contributed by atoms with Gasteiger partial charge in [0.2, 0.25) is 10.0 Å². The van der Waals surface area contributed by atoms with E-state index in [0.29, 0.717) is 24.6 Å². The van der Waals surface area contributed by atoms with Gasteiger partial charge in [0, 0.05) is 27.2 Å². The van der Waals surface area contributed by atoms with E-state index in [0.717, 1.165) is 25.7 Å². The maximum Gasteiger partial charge on any atom is 0.242 e. The van der Waals surface area contributed by atoms with Crippen molar-refractivity contribution in [2.75, 3.05) is 27.2 Å². The number of benzene rings is 1. The van der Waals surface area contributed by atoms with E-state index in [-0.39, 0.29) is 11.4 Å². The lowest BCUT2D eigenvalue weighted by Crippen LogP contribution is -2.47. The first-order chi connectivity index (χ1) is 13.2. The Balaban J connectivity index is 3.00. The molecule has 1 aromatic rings. The van der Waals surface area contributed by atoms with Gasteiger partial charge < -0.3 is 15.7 Å². The van der Waals surface area contributed by atoms with Crippen molar-refractivity contribution in [3.05, 3.63) is 29.8 Å². The van der Waals surface area contributed by atoms with Crippen molar-refractivity contribution in [1.82, 2.24) is 14.9 Å². The summed E-state index contributed by atoms with van der Waals surface area (Å²) in [7, 11) is -0.500. The lowest BCUT2D eigenvalue weighted by molar-refractivity contribution is 0.0257. The third-order valence-electron chi connectivity index (χ3n) is 4.50. The Morgan fingerprint density at radius 1 is 1.11 bits per heavy atom. The summed E-state index contributed by atoms with van der Waals surface area (Å²) in [6.45, 7) is 7.37. The summed E-state index contributed by atoms with van der Waals surface area (Å²) in [6.07, 6.45) is 3.25. The van der Waals surface area contributed by atoms with E-state index < -0.39 is 15.6 Å². The fourth-order valence-electron chi connectivity index (χ4n) is 3.07. The van der Waals surface area contributed by atoms with Gasteiger partial charge in [-0.05, 0) is 31.4 Å². The first-order valence-corrected chi connectivity index (χ1v) is 11.4. The van der Waals surface area contributed by atoms with E-state index in [1.807, 2.05) is 6.92 Å². The quantitative estimate of drug-likeness (QED) is 0.383. The number of aliphatic hydroxyl groups is 1. The van der Waals surface area contributed by atoms with Crippen molar-refractivity contribution >= 4 is 16.0 Å². The van der Waals surface area contributed by atoms with Gasteiger partial charge in [0.1, 0.15) is 0 Å². The Hall–Kier alpha value is -1.64. The fraction of sp³-hybridized carbons (Fsp3) is 0.650. The van der Waals surface area contributed by atoms with Gasteiger partial charge in [0.25, 0.3) is 0 Å². The maximum absolute atomic E-state index is 12.5. The summed E-state index contributed by atoms with van der Waals surface area (Å²) >= 11 is 0. The highest BCUT2D eigenvalue weighted by Gasteiger charge is 2.25. The SMILES string of the molecule is CCCC(O)(CCC)CNC(=NCc1ccccc1S(=O)(=O)N(C)C)NCC. The van der Waals surface area contributed by atoms with Crippen molar-refractivity contribution in [2.24, 2.45) is 4.99 Å². The highest BCUT2D eigenvalue weighted by molar-refractivity contribution is 7.89. The summed E-state index contributed by atoms with van der Waals surface area (Å²) in [5.41, 5.74) is -0.142. The lowest BCUT2D eigenvalue weighted by atomic mass is 9.93. The minimum atomic E-state index is -3.53. The predicted octanol–water partition coefficient (Wildman–Crippen LogP) is 2.32. The highest BCUT2D eigenvalue weighted by atomic mass is 32.2. The van der Waals surface area contributed by atoms with Crippen molar-refractivity contribution in [2.45, 2.75) is 63.5 Å². The summed E-state index contributed by atoms with van der Waals surface area (Å²) in [5.74, 6) is 0.560. The molecule has 0 saturated heterocycles. The monoisotopic (exact) mass is 412 g/mol. The number of hydrogen-bond donors (Lipinski definition) is 3. The van der Waals surface area contributed by atoms with Crippen LogP contribution in [0.4, 0.5) is 0 Å². The zero-order valence-corrected chi connectivity index (χ0v) is 18.6. The Kier molecular flexibility index (Phi) is 9.92. The van der Waals surface area contributed by atoms with E-state index >= 15 is 0 Å². The molecular weight excluding hydrogens is 376 g/mol. The minimum absolute atomic E-state index is 0.221. The van der Waals surface area contributed by atoms with Gasteiger partial charge in [-0.1, -0.05) is 44.9 Å². The molecule has 1 rings (SSSR count). The molecule has 0 fully saturated rings. The van der Waals surface area contributed by atoms with Gasteiger partial charge in [-0.2, -0.15) is 0 Å². The van der Waals surface area contributed by atoms with Crippen LogP contribution in [0.15, 0.2) is 34.2 Å². The number of aliphatic imine (C=N–C) groups is 1. The molecule has 0 unspecified atom stereocenters. The van der Waals surface area contributed by atoms with E-state index in [1.54, 1.807) is 24.3 Å². The van der Waals surface area contributed by atoms with Gasteiger partial charge in [-0.25, -0.2) is 17.7 Å². The Bertz CT molecular complexity index is 727. The molecule has 0 saturated carbocycles. The van der Waals surface area contributed by atoms with Crippen LogP contribution in [0, 0.1) is 0 Å². The molecule has 28 heavy (non-hydrogen) atoms. The lowest BCUT2D eigenvalue weighted by Gasteiger charge is -2.28. The second-order valence-corrected chi connectivity index (χ2v) is 9.29. The third kappa shape index (κ3) is 7.07. The Labute approximate surface area is 170 Å². The smallest absolute Gasteiger partial charge is 0.242 e. The normalized spacial score (nSPS) is 13.0. The summed E-state index contributed by atoms with van der Waals surface area (Å²) < 4.78 is 26.3. The van der Waals surface area contributed by atoms with E-state index in [9.17, 15) is 13.5 Å². The number of nitrogens with one attached hydrogen (secondary N) is 2. The van der Waals surface area contributed by atoms with Crippen molar-refractivity contribution in [3.8, 4) is 0 Å². The van der Waals surface area contributed by atoms with Crippen LogP contribution in [0.2, 0.25) is 0 Å². The predicted molar refractivity (Wildman–Crippen MR) is 115 cm³/mol. The Morgan fingerprint density at radius 3 is 2.25 bits per heavy atom. The zero-order chi connectivity index (χ0) is 21.2. The molecule has 7 nitrogen and oxygen atoms in total. The molecule has 8 heteroatoms. The largest absolute Gasteiger partial charge is 0.388 e. The molecule has 0 amide bonds. The van der Waals surface area contributed by atoms with E-state index in [4.69, 9.17) is 0 Å². The van der Waals surface area contributed by atoms with E-state index in [1.165, 1.54) is 18.4 Å². The molecule has 0 aliphatic heterocycles. The van der Waals surface area contributed by atoms with Crippen LogP contribution >= 0.6 is 0 Å². The van der Waals surface area contributed by atoms with Crippen LogP contribution in [0.1, 0.15) is 52.0 Å². The molecule has 1 aromatic carbocycles. The van der Waals surface area contributed by atoms with Crippen LogP contribution in [-0.4, -0.2) is 56.6 Å². The second kappa shape index (κ2) is 11.4. The molecule has 3 N–H and O–H groups in total. The molecule has 0 atom stereocenters. The average molecular weight is 413 g/mol. The standard InChI is InChI=1S/C20H36N4O3S/c1-6-13-20(25,14-7-2)16-23-19(21-8-3)22-15-17-11-9-10-12-18(17)28(26,27)24(4)5/h9-12,25H,6-8,13-16H2,1-5H3,(H2,21,22,23). The van der Waals surface area contributed by atoms with Crippen LogP contribution in [0.5, 0.6) is 0 Å². The second-order valence-electron chi connectivity index (χ2n) is 7.17. The van der Waals surface area contributed by atoms with Gasteiger partial charge in [0.05, 0.1) is 17.0 Å². The number of hydrogen-bond acceptors (Lipinski definition) is 4. The molecule has 0 bridgehead atoms. The number of sulfonamides is 1. The molecule has 0 aliphatic rings. The zero-order valence-electron chi connectivity index (χ0n) is 17.8. The van der Waals surface area contributed by atoms with Crippen molar-refractivity contribution in [3.63, 3.8) is 0 Å². The van der Waals surface area contributed by atoms with E-state index in [2.05, 4.69) is 29.5 Å². The maximum atomic E-state index is 12.5. The van der Waals surface area contributed by atoms with Crippen molar-refractivity contribution < 1.29 is 13.5 Å². The molecule has 0 radical (unpaired) electrons. The molecule has 0 aliphatic carbocycles.